The van der Waals surface area contributed by atoms with Crippen molar-refractivity contribution in [2.24, 2.45) is 10.4 Å². The van der Waals surface area contributed by atoms with Crippen LogP contribution in [0.15, 0.2) is 105 Å². The maximum atomic E-state index is 14.2. The van der Waals surface area contributed by atoms with Gasteiger partial charge in [-0.05, 0) is 70.5 Å². The predicted molar refractivity (Wildman–Crippen MR) is 188 cm³/mol. The second-order valence-corrected chi connectivity index (χ2v) is 24.5. The number of fused-ring (bicyclic) bond motifs is 1. The number of allylic oxidation sites excluding steroid dienone is 4. The molecule has 0 atom stereocenters. The highest BCUT2D eigenvalue weighted by Crippen LogP contribution is 2.56. The van der Waals surface area contributed by atoms with Crippen LogP contribution in [0.2, 0.25) is 39.3 Å². The number of carbonyl (C=O) groups excluding carboxylic acids is 2. The van der Waals surface area contributed by atoms with Gasteiger partial charge in [0.1, 0.15) is 13.2 Å². The van der Waals surface area contributed by atoms with Gasteiger partial charge in [0.25, 0.3) is 0 Å². The van der Waals surface area contributed by atoms with E-state index in [2.05, 4.69) is 71.3 Å². The molecule has 1 fully saturated rings. The highest BCUT2D eigenvalue weighted by atomic mass is 28.3. The SMILES string of the molecule is Cc1cccc(C)c1N=C1C([Si](C)(C)C)=C2CC(C(=O)OCc3ccccc3)(C(=O)OCc3ccccc3)CC2=C1[Si](C)(C)C. The second kappa shape index (κ2) is 12.5. The van der Waals surface area contributed by atoms with Crippen molar-refractivity contribution in [1.29, 1.82) is 0 Å². The van der Waals surface area contributed by atoms with E-state index in [1.54, 1.807) is 0 Å². The van der Waals surface area contributed by atoms with Crippen LogP contribution in [-0.2, 0) is 32.3 Å². The van der Waals surface area contributed by atoms with Crippen LogP contribution in [0.5, 0.6) is 0 Å². The number of aliphatic imine (C=N–C) groups is 1. The van der Waals surface area contributed by atoms with Gasteiger partial charge in [0, 0.05) is 0 Å². The van der Waals surface area contributed by atoms with E-state index in [1.165, 1.54) is 10.4 Å². The summed E-state index contributed by atoms with van der Waals surface area (Å²) in [6.45, 7) is 18.4. The topological polar surface area (TPSA) is 65.0 Å². The van der Waals surface area contributed by atoms with Gasteiger partial charge < -0.3 is 9.47 Å². The van der Waals surface area contributed by atoms with E-state index in [1.807, 2.05) is 60.7 Å². The zero-order valence-corrected chi connectivity index (χ0v) is 29.9. The Bertz CT molecular complexity index is 1590. The van der Waals surface area contributed by atoms with Crippen LogP contribution in [-0.4, -0.2) is 33.8 Å². The fraction of sp³-hybridized carbons (Fsp3) is 0.342. The minimum atomic E-state index is -2.03. The molecule has 3 aromatic carbocycles. The predicted octanol–water partition coefficient (Wildman–Crippen LogP) is 9.00. The number of rotatable bonds is 9. The Labute approximate surface area is 270 Å². The van der Waals surface area contributed by atoms with Crippen molar-refractivity contribution in [1.82, 2.24) is 0 Å². The molecule has 0 aromatic heterocycles. The summed E-state index contributed by atoms with van der Waals surface area (Å²) in [5.74, 6) is -1.03. The lowest BCUT2D eigenvalue weighted by atomic mass is 9.85. The zero-order chi connectivity index (χ0) is 32.6. The maximum absolute atomic E-state index is 14.2. The van der Waals surface area contributed by atoms with E-state index in [9.17, 15) is 9.59 Å². The van der Waals surface area contributed by atoms with E-state index in [-0.39, 0.29) is 26.1 Å². The number of benzene rings is 3. The lowest BCUT2D eigenvalue weighted by molar-refractivity contribution is -0.173. The number of aryl methyl sites for hydroxylation is 2. The summed E-state index contributed by atoms with van der Waals surface area (Å²) < 4.78 is 11.9. The molecule has 0 heterocycles. The molecule has 0 saturated heterocycles. The van der Waals surface area contributed by atoms with Gasteiger partial charge in [-0.2, -0.15) is 0 Å². The van der Waals surface area contributed by atoms with Crippen LogP contribution < -0.4 is 0 Å². The summed E-state index contributed by atoms with van der Waals surface area (Å²) in [4.78, 5) is 33.9. The molecule has 45 heavy (non-hydrogen) atoms. The van der Waals surface area contributed by atoms with Gasteiger partial charge in [-0.25, -0.2) is 4.99 Å². The number of carbonyl (C=O) groups is 2. The van der Waals surface area contributed by atoms with E-state index in [0.717, 1.165) is 44.8 Å². The summed E-state index contributed by atoms with van der Waals surface area (Å²) in [6.07, 6.45) is 0.534. The molecule has 7 heteroatoms. The molecular formula is C38H45NO4Si2. The minimum absolute atomic E-state index is 0.104. The van der Waals surface area contributed by atoms with Gasteiger partial charge >= 0.3 is 11.9 Å². The molecule has 1 saturated carbocycles. The number of nitrogens with zero attached hydrogens (tertiary/aromatic N) is 1. The van der Waals surface area contributed by atoms with Crippen LogP contribution in [0.25, 0.3) is 0 Å². The van der Waals surface area contributed by atoms with Crippen molar-refractivity contribution in [2.75, 3.05) is 0 Å². The van der Waals surface area contributed by atoms with Crippen molar-refractivity contribution < 1.29 is 19.1 Å². The lowest BCUT2D eigenvalue weighted by Crippen LogP contribution is -2.41. The van der Waals surface area contributed by atoms with Gasteiger partial charge in [-0.1, -0.05) is 118 Å². The highest BCUT2D eigenvalue weighted by Gasteiger charge is 2.59. The monoisotopic (exact) mass is 635 g/mol. The Morgan fingerprint density at radius 3 is 1.42 bits per heavy atom. The molecule has 0 amide bonds. The molecule has 3 aromatic rings. The molecule has 5 rings (SSSR count). The van der Waals surface area contributed by atoms with Crippen molar-refractivity contribution in [3.05, 3.63) is 123 Å². The Balaban J connectivity index is 1.64. The largest absolute Gasteiger partial charge is 0.460 e. The number of ether oxygens (including phenoxy) is 2. The highest BCUT2D eigenvalue weighted by molar-refractivity contribution is 6.95. The Morgan fingerprint density at radius 1 is 0.644 bits per heavy atom. The minimum Gasteiger partial charge on any atom is -0.460 e. The van der Waals surface area contributed by atoms with Crippen LogP contribution >= 0.6 is 0 Å². The molecule has 2 aliphatic carbocycles. The standard InChI is InChI=1S/C38H45NO4Si2/c1-26-16-15-17-27(2)32(26)39-33-34(44(3,4)5)30-22-38(23-31(30)35(33)45(6,7)8,36(40)42-24-28-18-11-9-12-19-28)37(41)43-25-29-20-13-10-14-21-29/h9-21H,22-25H2,1-8H3. The van der Waals surface area contributed by atoms with Crippen LogP contribution in [0.3, 0.4) is 0 Å². The maximum Gasteiger partial charge on any atom is 0.324 e. The number of hydrogen-bond donors (Lipinski definition) is 0. The zero-order valence-electron chi connectivity index (χ0n) is 27.9. The van der Waals surface area contributed by atoms with E-state index in [4.69, 9.17) is 14.5 Å². The van der Waals surface area contributed by atoms with Gasteiger partial charge in [-0.15, -0.1) is 0 Å². The normalized spacial score (nSPS) is 16.1. The van der Waals surface area contributed by atoms with Crippen molar-refractivity contribution in [3.63, 3.8) is 0 Å². The molecule has 0 bridgehead atoms. The first-order valence-electron chi connectivity index (χ1n) is 15.8. The van der Waals surface area contributed by atoms with Crippen LogP contribution in [0.4, 0.5) is 5.69 Å². The quantitative estimate of drug-likeness (QED) is 0.134. The van der Waals surface area contributed by atoms with Crippen molar-refractivity contribution >= 4 is 39.5 Å². The number of hydrogen-bond acceptors (Lipinski definition) is 5. The molecule has 5 nitrogen and oxygen atoms in total. The third-order valence-corrected chi connectivity index (χ3v) is 12.8. The first-order valence-corrected chi connectivity index (χ1v) is 22.8. The molecule has 0 aliphatic heterocycles. The summed E-state index contributed by atoms with van der Waals surface area (Å²) in [5.41, 5.74) is 6.91. The molecule has 0 radical (unpaired) electrons. The summed E-state index contributed by atoms with van der Waals surface area (Å²) >= 11 is 0. The van der Waals surface area contributed by atoms with Gasteiger partial charge in [-0.3, -0.25) is 9.59 Å². The van der Waals surface area contributed by atoms with Crippen molar-refractivity contribution in [3.8, 4) is 0 Å². The first-order chi connectivity index (χ1) is 21.2. The average Bonchev–Trinajstić information content (AvgIpc) is 3.51. The summed E-state index contributed by atoms with van der Waals surface area (Å²) in [5, 5.41) is 2.51. The number of para-hydroxylation sites is 1. The van der Waals surface area contributed by atoms with Gasteiger partial charge in [0.05, 0.1) is 27.5 Å². The third-order valence-electron chi connectivity index (χ3n) is 8.77. The average molecular weight is 636 g/mol. The van der Waals surface area contributed by atoms with E-state index < -0.39 is 33.5 Å². The Kier molecular flexibility index (Phi) is 9.07. The smallest absolute Gasteiger partial charge is 0.324 e. The molecule has 0 spiro atoms. The molecule has 234 valence electrons. The Hall–Kier alpha value is -3.82. The first kappa shape index (κ1) is 32.6. The summed E-state index contributed by atoms with van der Waals surface area (Å²) in [7, 11) is -4.06. The second-order valence-electron chi connectivity index (χ2n) is 14.5. The number of esters is 2. The van der Waals surface area contributed by atoms with Crippen LogP contribution in [0.1, 0.15) is 35.1 Å². The van der Waals surface area contributed by atoms with E-state index >= 15 is 0 Å². The third kappa shape index (κ3) is 6.60. The summed E-state index contributed by atoms with van der Waals surface area (Å²) in [6, 6.07) is 25.5. The lowest BCUT2D eigenvalue weighted by Gasteiger charge is -2.30. The van der Waals surface area contributed by atoms with Gasteiger partial charge in [0.2, 0.25) is 0 Å². The van der Waals surface area contributed by atoms with Crippen LogP contribution in [0, 0.1) is 19.3 Å². The fourth-order valence-electron chi connectivity index (χ4n) is 6.68. The molecule has 0 N–H and O–H groups in total. The van der Waals surface area contributed by atoms with E-state index in [0.29, 0.717) is 0 Å². The molecular weight excluding hydrogens is 591 g/mol. The molecule has 2 aliphatic rings. The van der Waals surface area contributed by atoms with Gasteiger partial charge in [0.15, 0.2) is 5.41 Å². The Morgan fingerprint density at radius 2 is 1.04 bits per heavy atom. The fourth-order valence-corrected chi connectivity index (χ4v) is 10.9. The molecule has 0 unspecified atom stereocenters. The van der Waals surface area contributed by atoms with Crippen molar-refractivity contribution in [2.45, 2.75) is 79.2 Å².